The van der Waals surface area contributed by atoms with E-state index in [9.17, 15) is 14.0 Å². The number of Topliss-reactive ketones (excluding diaryl/α,β-unsaturated/α-hetero) is 1. The zero-order chi connectivity index (χ0) is 22.7. The summed E-state index contributed by atoms with van der Waals surface area (Å²) < 4.78 is 19.7. The van der Waals surface area contributed by atoms with Crippen LogP contribution >= 0.6 is 23.1 Å². The van der Waals surface area contributed by atoms with Gasteiger partial charge < -0.3 is 10.1 Å². The molecule has 0 radical (unpaired) electrons. The molecule has 2 aliphatic rings. The topological polar surface area (TPSA) is 55.4 Å². The number of esters is 1. The number of carbonyl (C=O) groups is 2. The van der Waals surface area contributed by atoms with Gasteiger partial charge in [-0.05, 0) is 48.2 Å². The number of nitrogens with one attached hydrogen (secondary N) is 1. The molecule has 4 nitrogen and oxygen atoms in total. The van der Waals surface area contributed by atoms with E-state index in [1.54, 1.807) is 35.2 Å². The summed E-state index contributed by atoms with van der Waals surface area (Å²) in [6.45, 7) is 4.17. The number of carbonyl (C=O) groups excluding carboxylic acids is 2. The number of hydrogen-bond acceptors (Lipinski definition) is 6. The maximum atomic E-state index is 14.2. The fraction of sp³-hybridized carbons (Fsp3) is 0.360. The monoisotopic (exact) mass is 471 g/mol. The van der Waals surface area contributed by atoms with Crippen LogP contribution < -0.4 is 5.32 Å². The number of ketones is 1. The summed E-state index contributed by atoms with van der Waals surface area (Å²) in [5.74, 6) is 0.267. The molecule has 4 rings (SSSR count). The number of ether oxygens (including phenoxy) is 1. The van der Waals surface area contributed by atoms with Gasteiger partial charge >= 0.3 is 5.97 Å². The van der Waals surface area contributed by atoms with Crippen LogP contribution in [0.2, 0.25) is 0 Å². The molecule has 0 saturated carbocycles. The van der Waals surface area contributed by atoms with Crippen LogP contribution in [0.4, 0.5) is 4.39 Å². The third-order valence-corrected chi connectivity index (χ3v) is 7.74. The molecule has 1 aliphatic heterocycles. The van der Waals surface area contributed by atoms with Gasteiger partial charge in [-0.3, -0.25) is 4.79 Å². The van der Waals surface area contributed by atoms with Crippen LogP contribution in [-0.2, 0) is 14.3 Å². The number of thioether (sulfide) groups is 1. The molecule has 0 saturated heterocycles. The van der Waals surface area contributed by atoms with Gasteiger partial charge in [0.2, 0.25) is 0 Å². The van der Waals surface area contributed by atoms with Crippen molar-refractivity contribution in [1.82, 2.24) is 5.32 Å². The fourth-order valence-corrected chi connectivity index (χ4v) is 5.79. The number of benzene rings is 1. The zero-order valence-corrected chi connectivity index (χ0v) is 19.8. The zero-order valence-electron chi connectivity index (χ0n) is 18.2. The van der Waals surface area contributed by atoms with Crippen molar-refractivity contribution < 1.29 is 18.7 Å². The van der Waals surface area contributed by atoms with Crippen molar-refractivity contribution in [3.63, 3.8) is 0 Å². The van der Waals surface area contributed by atoms with Crippen molar-refractivity contribution in [1.29, 1.82) is 0 Å². The van der Waals surface area contributed by atoms with Gasteiger partial charge in [-0.25, -0.2) is 9.18 Å². The van der Waals surface area contributed by atoms with E-state index in [1.165, 1.54) is 17.0 Å². The minimum atomic E-state index is -0.634. The minimum absolute atomic E-state index is 0.00857. The van der Waals surface area contributed by atoms with E-state index >= 15 is 0 Å². The molecule has 0 unspecified atom stereocenters. The first-order chi connectivity index (χ1) is 15.5. The first kappa shape index (κ1) is 22.8. The van der Waals surface area contributed by atoms with Gasteiger partial charge in [-0.1, -0.05) is 25.1 Å². The third-order valence-electron chi connectivity index (χ3n) is 5.84. The van der Waals surface area contributed by atoms with Gasteiger partial charge in [0.15, 0.2) is 5.78 Å². The summed E-state index contributed by atoms with van der Waals surface area (Å²) in [6, 6.07) is 10.2. The van der Waals surface area contributed by atoms with Gasteiger partial charge in [0.1, 0.15) is 12.4 Å². The fourth-order valence-electron chi connectivity index (χ4n) is 4.47. The van der Waals surface area contributed by atoms with Gasteiger partial charge in [0.05, 0.1) is 5.57 Å². The number of hydrogen-bond donors (Lipinski definition) is 1. The lowest BCUT2D eigenvalue weighted by Gasteiger charge is -2.36. The molecule has 0 spiro atoms. The second-order valence-electron chi connectivity index (χ2n) is 7.92. The Morgan fingerprint density at radius 1 is 1.28 bits per heavy atom. The van der Waals surface area contributed by atoms with Crippen LogP contribution in [0.5, 0.6) is 0 Å². The van der Waals surface area contributed by atoms with Crippen molar-refractivity contribution in [3.8, 4) is 0 Å². The van der Waals surface area contributed by atoms with Gasteiger partial charge in [-0.15, -0.1) is 11.3 Å². The quantitative estimate of drug-likeness (QED) is 0.424. The molecule has 0 fully saturated rings. The lowest BCUT2D eigenvalue weighted by Crippen LogP contribution is -2.36. The maximum absolute atomic E-state index is 14.2. The predicted molar refractivity (Wildman–Crippen MR) is 127 cm³/mol. The Labute approximate surface area is 195 Å². The van der Waals surface area contributed by atoms with Crippen molar-refractivity contribution in [2.45, 2.75) is 38.5 Å². The van der Waals surface area contributed by atoms with Crippen LogP contribution in [0, 0.1) is 5.82 Å². The number of dihydropyridines is 1. The molecule has 7 heteroatoms. The van der Waals surface area contributed by atoms with Gasteiger partial charge in [-0.2, -0.15) is 11.8 Å². The lowest BCUT2D eigenvalue weighted by atomic mass is 9.72. The van der Waals surface area contributed by atoms with Crippen LogP contribution in [-0.4, -0.2) is 29.9 Å². The molecule has 2 heterocycles. The first-order valence-electron chi connectivity index (χ1n) is 10.8. The molecule has 1 aliphatic carbocycles. The predicted octanol–water partition coefficient (Wildman–Crippen LogP) is 5.55. The smallest absolute Gasteiger partial charge is 0.336 e. The SMILES string of the molecule is CCSCCOC(=O)C1=C(C)NC2=C(C(=O)C[C@H](c3cccs3)C2)[C@@H]1c1cccc(F)c1. The average molecular weight is 472 g/mol. The van der Waals surface area contributed by atoms with E-state index < -0.39 is 17.7 Å². The number of halogens is 1. The molecule has 1 aromatic heterocycles. The largest absolute Gasteiger partial charge is 0.461 e. The first-order valence-corrected chi connectivity index (χ1v) is 12.8. The Morgan fingerprint density at radius 2 is 2.12 bits per heavy atom. The van der Waals surface area contributed by atoms with E-state index in [1.807, 2.05) is 18.4 Å². The standard InChI is InChI=1S/C25H26FNO3S2/c1-3-31-11-9-30-25(29)22-15(2)27-19-13-17(21-8-5-10-32-21)14-20(28)24(19)23(22)16-6-4-7-18(26)12-16/h4-8,10,12,17,23,27H,3,9,11,13-14H2,1-2H3/t17-,23-/m1/s1. The molecule has 168 valence electrons. The molecule has 32 heavy (non-hydrogen) atoms. The van der Waals surface area contributed by atoms with Gasteiger partial charge in [0, 0.05) is 45.9 Å². The van der Waals surface area contributed by atoms with Gasteiger partial charge in [0.25, 0.3) is 0 Å². The third kappa shape index (κ3) is 4.69. The van der Waals surface area contributed by atoms with Crippen molar-refractivity contribution in [3.05, 3.63) is 80.6 Å². The highest BCUT2D eigenvalue weighted by Crippen LogP contribution is 2.46. The summed E-state index contributed by atoms with van der Waals surface area (Å²) in [5.41, 5.74) is 3.02. The maximum Gasteiger partial charge on any atom is 0.336 e. The summed E-state index contributed by atoms with van der Waals surface area (Å²) in [6.07, 6.45) is 1.06. The van der Waals surface area contributed by atoms with Crippen LogP contribution in [0.15, 0.2) is 64.3 Å². The van der Waals surface area contributed by atoms with Crippen LogP contribution in [0.25, 0.3) is 0 Å². The van der Waals surface area contributed by atoms with E-state index in [0.29, 0.717) is 47.6 Å². The summed E-state index contributed by atoms with van der Waals surface area (Å²) in [7, 11) is 0. The van der Waals surface area contributed by atoms with Crippen LogP contribution in [0.3, 0.4) is 0 Å². The summed E-state index contributed by atoms with van der Waals surface area (Å²) >= 11 is 3.34. The molecule has 2 atom stereocenters. The number of rotatable bonds is 7. The molecule has 1 aromatic carbocycles. The van der Waals surface area contributed by atoms with Crippen LogP contribution in [0.1, 0.15) is 49.0 Å². The highest BCUT2D eigenvalue weighted by atomic mass is 32.2. The normalized spacial score (nSPS) is 20.8. The molecular formula is C25H26FNO3S2. The average Bonchev–Trinajstić information content (AvgIpc) is 3.30. The molecule has 0 bridgehead atoms. The van der Waals surface area contributed by atoms with E-state index in [0.717, 1.165) is 11.4 Å². The molecule has 0 amide bonds. The second-order valence-corrected chi connectivity index (χ2v) is 10.3. The Balaban J connectivity index is 1.71. The summed E-state index contributed by atoms with van der Waals surface area (Å²) in [4.78, 5) is 27.7. The van der Waals surface area contributed by atoms with Crippen molar-refractivity contribution in [2.24, 2.45) is 0 Å². The Morgan fingerprint density at radius 3 is 2.84 bits per heavy atom. The van der Waals surface area contributed by atoms with E-state index in [-0.39, 0.29) is 11.7 Å². The van der Waals surface area contributed by atoms with Crippen molar-refractivity contribution >= 4 is 34.9 Å². The lowest BCUT2D eigenvalue weighted by molar-refractivity contribution is -0.138. The minimum Gasteiger partial charge on any atom is -0.461 e. The number of thiophene rings is 1. The molecule has 1 N–H and O–H groups in total. The summed E-state index contributed by atoms with van der Waals surface area (Å²) in [5, 5.41) is 5.35. The molecular weight excluding hydrogens is 445 g/mol. The Hall–Kier alpha value is -2.38. The van der Waals surface area contributed by atoms with E-state index in [4.69, 9.17) is 4.74 Å². The van der Waals surface area contributed by atoms with Crippen molar-refractivity contribution in [2.75, 3.05) is 18.1 Å². The Bertz CT molecular complexity index is 1070. The highest BCUT2D eigenvalue weighted by Gasteiger charge is 2.41. The highest BCUT2D eigenvalue weighted by molar-refractivity contribution is 7.99. The van der Waals surface area contributed by atoms with E-state index in [2.05, 4.69) is 18.3 Å². The Kier molecular flexibility index (Phi) is 7.16. The number of allylic oxidation sites excluding steroid dienone is 3. The second kappa shape index (κ2) is 10.0. The molecule has 2 aromatic rings.